The van der Waals surface area contributed by atoms with Crippen LogP contribution in [0.1, 0.15) is 18.6 Å². The molecule has 0 aliphatic carbocycles. The number of rotatable bonds is 4. The molecule has 84 valence electrons. The zero-order chi connectivity index (χ0) is 11.4. The Bertz CT molecular complexity index is 348. The summed E-state index contributed by atoms with van der Waals surface area (Å²) in [5.74, 6) is 0.823. The minimum absolute atomic E-state index is 0.0213. The number of benzene rings is 1. The van der Waals surface area contributed by atoms with E-state index in [0.717, 1.165) is 5.75 Å². The van der Waals surface area contributed by atoms with Gasteiger partial charge in [-0.05, 0) is 27.7 Å². The summed E-state index contributed by atoms with van der Waals surface area (Å²) in [7, 11) is 0. The van der Waals surface area contributed by atoms with E-state index in [1.54, 1.807) is 23.9 Å². The van der Waals surface area contributed by atoms with Crippen LogP contribution in [0.25, 0.3) is 0 Å². The molecule has 0 bridgehead atoms. The number of aliphatic hydroxyl groups is 1. The molecule has 15 heavy (non-hydrogen) atoms. The van der Waals surface area contributed by atoms with Gasteiger partial charge in [-0.3, -0.25) is 0 Å². The molecule has 1 N–H and O–H groups in total. The van der Waals surface area contributed by atoms with E-state index in [2.05, 4.69) is 15.9 Å². The maximum absolute atomic E-state index is 13.6. The number of aliphatic hydroxyl groups excluding tert-OH is 1. The molecule has 1 atom stereocenters. The van der Waals surface area contributed by atoms with Crippen molar-refractivity contribution < 1.29 is 9.50 Å². The highest BCUT2D eigenvalue weighted by atomic mass is 79.9. The predicted octanol–water partition coefficient (Wildman–Crippen LogP) is 4.03. The molecule has 0 heterocycles. The molecule has 0 aliphatic heterocycles. The molecule has 1 nitrogen and oxygen atoms in total. The molecule has 0 amide bonds. The van der Waals surface area contributed by atoms with Gasteiger partial charge in [0.05, 0.1) is 11.1 Å². The van der Waals surface area contributed by atoms with Crippen molar-refractivity contribution in [3.05, 3.63) is 33.0 Å². The second kappa shape index (κ2) is 6.09. The van der Waals surface area contributed by atoms with Crippen LogP contribution in [0.2, 0.25) is 5.02 Å². The standard InChI is InChI=1S/C10H11BrClFOS/c1-2-15-5-8(14)6-3-4-7(11)9(12)10(6)13/h3-4,8,14H,2,5H2,1H3. The summed E-state index contributed by atoms with van der Waals surface area (Å²) in [5.41, 5.74) is 0.254. The predicted molar refractivity (Wildman–Crippen MR) is 67.1 cm³/mol. The maximum Gasteiger partial charge on any atom is 0.148 e. The van der Waals surface area contributed by atoms with E-state index < -0.39 is 11.9 Å². The zero-order valence-electron chi connectivity index (χ0n) is 8.14. The second-order valence-corrected chi connectivity index (χ2v) is 5.49. The Balaban J connectivity index is 2.90. The van der Waals surface area contributed by atoms with Gasteiger partial charge in [-0.1, -0.05) is 24.6 Å². The quantitative estimate of drug-likeness (QED) is 0.847. The van der Waals surface area contributed by atoms with Crippen LogP contribution in [-0.2, 0) is 0 Å². The van der Waals surface area contributed by atoms with Gasteiger partial charge >= 0.3 is 0 Å². The molecule has 0 aromatic heterocycles. The first kappa shape index (κ1) is 13.3. The Hall–Kier alpha value is 0.230. The molecule has 0 radical (unpaired) electrons. The van der Waals surface area contributed by atoms with Crippen LogP contribution < -0.4 is 0 Å². The molecule has 1 rings (SSSR count). The summed E-state index contributed by atoms with van der Waals surface area (Å²) in [6, 6.07) is 3.19. The molecule has 0 saturated carbocycles. The fourth-order valence-corrected chi connectivity index (χ4v) is 2.23. The van der Waals surface area contributed by atoms with E-state index in [1.165, 1.54) is 0 Å². The van der Waals surface area contributed by atoms with Crippen LogP contribution in [0, 0.1) is 5.82 Å². The van der Waals surface area contributed by atoms with Gasteiger partial charge in [-0.2, -0.15) is 11.8 Å². The van der Waals surface area contributed by atoms with Crippen molar-refractivity contribution >= 4 is 39.3 Å². The highest BCUT2D eigenvalue weighted by Crippen LogP contribution is 2.31. The van der Waals surface area contributed by atoms with Crippen molar-refractivity contribution in [3.8, 4) is 0 Å². The monoisotopic (exact) mass is 312 g/mol. The van der Waals surface area contributed by atoms with Crippen molar-refractivity contribution in [1.82, 2.24) is 0 Å². The summed E-state index contributed by atoms with van der Waals surface area (Å²) in [4.78, 5) is 0. The van der Waals surface area contributed by atoms with E-state index in [4.69, 9.17) is 11.6 Å². The van der Waals surface area contributed by atoms with Crippen LogP contribution in [-0.4, -0.2) is 16.6 Å². The summed E-state index contributed by atoms with van der Waals surface area (Å²) in [6.45, 7) is 1.99. The number of halogens is 3. The molecular formula is C10H11BrClFOS. The summed E-state index contributed by atoms with van der Waals surface area (Å²) in [5, 5.41) is 9.73. The molecule has 1 aromatic rings. The molecule has 0 spiro atoms. The van der Waals surface area contributed by atoms with E-state index >= 15 is 0 Å². The first-order chi connectivity index (χ1) is 7.07. The molecule has 0 saturated heterocycles. The fourth-order valence-electron chi connectivity index (χ4n) is 1.12. The first-order valence-corrected chi connectivity index (χ1v) is 6.79. The molecule has 0 fully saturated rings. The third-order valence-electron chi connectivity index (χ3n) is 1.90. The van der Waals surface area contributed by atoms with Gasteiger partial charge in [-0.25, -0.2) is 4.39 Å². The molecule has 0 aliphatic rings. The second-order valence-electron chi connectivity index (χ2n) is 2.94. The molecular weight excluding hydrogens is 303 g/mol. The Labute approximate surface area is 106 Å². The highest BCUT2D eigenvalue weighted by Gasteiger charge is 2.16. The van der Waals surface area contributed by atoms with E-state index in [1.807, 2.05) is 6.92 Å². The van der Waals surface area contributed by atoms with Gasteiger partial charge < -0.3 is 5.11 Å². The van der Waals surface area contributed by atoms with Crippen LogP contribution in [0.15, 0.2) is 16.6 Å². The number of hydrogen-bond acceptors (Lipinski definition) is 2. The highest BCUT2D eigenvalue weighted by molar-refractivity contribution is 9.10. The smallest absolute Gasteiger partial charge is 0.148 e. The van der Waals surface area contributed by atoms with Gasteiger partial charge in [0.2, 0.25) is 0 Å². The van der Waals surface area contributed by atoms with E-state index in [-0.39, 0.29) is 10.6 Å². The normalized spacial score (nSPS) is 12.9. The van der Waals surface area contributed by atoms with Crippen molar-refractivity contribution in [2.45, 2.75) is 13.0 Å². The lowest BCUT2D eigenvalue weighted by Crippen LogP contribution is -2.04. The van der Waals surface area contributed by atoms with Gasteiger partial charge in [0.25, 0.3) is 0 Å². The van der Waals surface area contributed by atoms with Gasteiger partial charge in [0, 0.05) is 15.8 Å². The third kappa shape index (κ3) is 3.34. The van der Waals surface area contributed by atoms with Crippen molar-refractivity contribution in [3.63, 3.8) is 0 Å². The lowest BCUT2D eigenvalue weighted by Gasteiger charge is -2.12. The van der Waals surface area contributed by atoms with Crippen LogP contribution in [0.5, 0.6) is 0 Å². The average Bonchev–Trinajstić information content (AvgIpc) is 2.23. The van der Waals surface area contributed by atoms with Gasteiger partial charge in [0.15, 0.2) is 0 Å². The van der Waals surface area contributed by atoms with Crippen LogP contribution in [0.3, 0.4) is 0 Å². The lowest BCUT2D eigenvalue weighted by atomic mass is 10.1. The molecule has 5 heteroatoms. The Morgan fingerprint density at radius 3 is 2.87 bits per heavy atom. The Morgan fingerprint density at radius 1 is 1.60 bits per heavy atom. The van der Waals surface area contributed by atoms with Crippen molar-refractivity contribution in [2.24, 2.45) is 0 Å². The van der Waals surface area contributed by atoms with Crippen LogP contribution >= 0.6 is 39.3 Å². The molecule has 1 aromatic carbocycles. The topological polar surface area (TPSA) is 20.2 Å². The Kier molecular flexibility index (Phi) is 5.39. The van der Waals surface area contributed by atoms with E-state index in [0.29, 0.717) is 10.2 Å². The summed E-state index contributed by atoms with van der Waals surface area (Å²) in [6.07, 6.45) is -0.805. The lowest BCUT2D eigenvalue weighted by molar-refractivity contribution is 0.199. The molecule has 1 unspecified atom stereocenters. The largest absolute Gasteiger partial charge is 0.387 e. The summed E-state index contributed by atoms with van der Waals surface area (Å²) < 4.78 is 14.1. The van der Waals surface area contributed by atoms with Gasteiger partial charge in [-0.15, -0.1) is 0 Å². The van der Waals surface area contributed by atoms with E-state index in [9.17, 15) is 9.50 Å². The first-order valence-electron chi connectivity index (χ1n) is 4.47. The van der Waals surface area contributed by atoms with Gasteiger partial charge in [0.1, 0.15) is 5.82 Å². The zero-order valence-corrected chi connectivity index (χ0v) is 11.3. The average molecular weight is 314 g/mol. The summed E-state index contributed by atoms with van der Waals surface area (Å²) >= 11 is 10.4. The SMILES string of the molecule is CCSCC(O)c1ccc(Br)c(Cl)c1F. The van der Waals surface area contributed by atoms with Crippen LogP contribution in [0.4, 0.5) is 4.39 Å². The minimum atomic E-state index is -0.805. The Morgan fingerprint density at radius 2 is 2.27 bits per heavy atom. The maximum atomic E-state index is 13.6. The number of hydrogen-bond donors (Lipinski definition) is 1. The number of thioether (sulfide) groups is 1. The van der Waals surface area contributed by atoms with Crippen molar-refractivity contribution in [1.29, 1.82) is 0 Å². The fraction of sp³-hybridized carbons (Fsp3) is 0.400. The third-order valence-corrected chi connectivity index (χ3v) is 4.12. The van der Waals surface area contributed by atoms with Crippen molar-refractivity contribution in [2.75, 3.05) is 11.5 Å². The minimum Gasteiger partial charge on any atom is -0.387 e.